The van der Waals surface area contributed by atoms with E-state index in [0.29, 0.717) is 13.2 Å². The summed E-state index contributed by atoms with van der Waals surface area (Å²) in [6.07, 6.45) is 16.4. The maximum absolute atomic E-state index is 14.8. The maximum atomic E-state index is 14.8. The van der Waals surface area contributed by atoms with E-state index in [0.717, 1.165) is 64.2 Å². The molecular weight excluding hydrogens is 634 g/mol. The number of ketones is 1. The highest BCUT2D eigenvalue weighted by atomic mass is 16.5. The number of hydrogen-bond donors (Lipinski definition) is 4. The van der Waals surface area contributed by atoms with E-state index in [1.54, 1.807) is 4.90 Å². The van der Waals surface area contributed by atoms with Crippen LogP contribution in [0.5, 0.6) is 0 Å². The van der Waals surface area contributed by atoms with Crippen LogP contribution in [0.15, 0.2) is 12.7 Å². The second-order valence-corrected chi connectivity index (χ2v) is 17.0. The number of fused-ring (bicyclic) bond motifs is 1. The van der Waals surface area contributed by atoms with E-state index < -0.39 is 52.7 Å². The average Bonchev–Trinajstić information content (AvgIpc) is 3.37. The van der Waals surface area contributed by atoms with Crippen molar-refractivity contribution in [2.24, 2.45) is 22.7 Å². The molecule has 5 amide bonds. The lowest BCUT2D eigenvalue weighted by Crippen LogP contribution is -2.64. The first kappa shape index (κ1) is 39.4. The number of nitrogens with one attached hydrogen (secondary N) is 4. The van der Waals surface area contributed by atoms with Gasteiger partial charge in [-0.25, -0.2) is 4.79 Å². The molecule has 50 heavy (non-hydrogen) atoms. The Balaban J connectivity index is 1.59. The third kappa shape index (κ3) is 9.09. The highest BCUT2D eigenvalue weighted by molar-refractivity contribution is 6.38. The standard InChI is InChI=1S/C39H61N5O6/c1-9-11-18-27(30(45)33(47)40-23-10-2)41-32(46)29-28-26(37(28,6)7)24-44(29)34(48)31(38(8)19-14-12-15-20-38)42-35(49)43-39(21-16-13-17-22-39)25-50-36(3,4)5/h1,10,26-29,31H,2,11-25H2,3-8H3,(H,40,47)(H,41,46)(H2,42,43,49)/t26-,27?,28-,29?,31+/m0/s1. The largest absolute Gasteiger partial charge is 0.373 e. The van der Waals surface area contributed by atoms with E-state index in [4.69, 9.17) is 11.2 Å². The van der Waals surface area contributed by atoms with E-state index >= 15 is 0 Å². The van der Waals surface area contributed by atoms with Gasteiger partial charge in [0, 0.05) is 19.5 Å². The van der Waals surface area contributed by atoms with E-state index in [9.17, 15) is 24.0 Å². The Hall–Kier alpha value is -3.39. The Morgan fingerprint density at radius 3 is 2.18 bits per heavy atom. The summed E-state index contributed by atoms with van der Waals surface area (Å²) in [6.45, 7) is 16.7. The van der Waals surface area contributed by atoms with Crippen molar-refractivity contribution in [2.45, 2.75) is 148 Å². The molecular formula is C39H61N5O6. The molecule has 4 fully saturated rings. The lowest BCUT2D eigenvalue weighted by Gasteiger charge is -2.44. The van der Waals surface area contributed by atoms with Crippen molar-refractivity contribution in [3.8, 4) is 12.3 Å². The Morgan fingerprint density at radius 1 is 0.980 bits per heavy atom. The number of piperidine rings is 1. The molecule has 11 nitrogen and oxygen atoms in total. The molecule has 5 atom stereocenters. The van der Waals surface area contributed by atoms with Crippen molar-refractivity contribution in [1.82, 2.24) is 26.2 Å². The van der Waals surface area contributed by atoms with Crippen molar-refractivity contribution in [2.75, 3.05) is 19.7 Å². The van der Waals surface area contributed by atoms with Gasteiger partial charge in [-0.05, 0) is 75.5 Å². The van der Waals surface area contributed by atoms with Crippen molar-refractivity contribution in [1.29, 1.82) is 0 Å². The van der Waals surface area contributed by atoms with Crippen molar-refractivity contribution < 1.29 is 28.7 Å². The molecule has 0 radical (unpaired) electrons. The molecule has 2 unspecified atom stereocenters. The number of terminal acetylenes is 1. The molecule has 0 bridgehead atoms. The zero-order valence-electron chi connectivity index (χ0n) is 31.3. The fourth-order valence-electron chi connectivity index (χ4n) is 8.62. The van der Waals surface area contributed by atoms with Gasteiger partial charge in [0.2, 0.25) is 17.6 Å². The number of likely N-dealkylation sites (tertiary alicyclic amines) is 1. The molecule has 3 aliphatic carbocycles. The molecule has 278 valence electrons. The molecule has 0 aromatic heterocycles. The van der Waals surface area contributed by atoms with Gasteiger partial charge in [-0.15, -0.1) is 18.9 Å². The summed E-state index contributed by atoms with van der Waals surface area (Å²) in [7, 11) is 0. The van der Waals surface area contributed by atoms with Gasteiger partial charge < -0.3 is 30.9 Å². The number of nitrogens with zero attached hydrogens (tertiary/aromatic N) is 1. The van der Waals surface area contributed by atoms with Crippen molar-refractivity contribution >= 4 is 29.5 Å². The topological polar surface area (TPSA) is 146 Å². The number of carbonyl (C=O) groups excluding carboxylic acids is 5. The first-order valence-corrected chi connectivity index (χ1v) is 18.7. The van der Waals surface area contributed by atoms with Gasteiger partial charge in [-0.2, -0.15) is 0 Å². The molecule has 0 spiro atoms. The van der Waals surface area contributed by atoms with E-state index in [2.05, 4.69) is 54.5 Å². The Morgan fingerprint density at radius 2 is 1.60 bits per heavy atom. The Labute approximate surface area is 299 Å². The molecule has 4 aliphatic rings. The van der Waals surface area contributed by atoms with E-state index in [1.165, 1.54) is 6.08 Å². The molecule has 1 aliphatic heterocycles. The summed E-state index contributed by atoms with van der Waals surface area (Å²) < 4.78 is 6.20. The summed E-state index contributed by atoms with van der Waals surface area (Å²) in [5.74, 6) is 0.0489. The van der Waals surface area contributed by atoms with Crippen molar-refractivity contribution in [3.63, 3.8) is 0 Å². The second-order valence-electron chi connectivity index (χ2n) is 17.0. The fraction of sp³-hybridized carbons (Fsp3) is 0.769. The van der Waals surface area contributed by atoms with Crippen LogP contribution in [0.4, 0.5) is 4.79 Å². The first-order chi connectivity index (χ1) is 23.5. The van der Waals surface area contributed by atoms with Gasteiger partial charge in [0.15, 0.2) is 0 Å². The maximum Gasteiger partial charge on any atom is 0.315 e. The minimum Gasteiger partial charge on any atom is -0.373 e. The van der Waals surface area contributed by atoms with Crippen LogP contribution in [-0.2, 0) is 23.9 Å². The third-order valence-electron chi connectivity index (χ3n) is 11.8. The van der Waals surface area contributed by atoms with Crippen LogP contribution in [-0.4, -0.2) is 83.4 Å². The molecule has 3 saturated carbocycles. The Bertz CT molecular complexity index is 1330. The van der Waals surface area contributed by atoms with Gasteiger partial charge in [0.25, 0.3) is 5.91 Å². The van der Waals surface area contributed by atoms with E-state index in [1.807, 2.05) is 20.8 Å². The van der Waals surface area contributed by atoms with Gasteiger partial charge in [-0.3, -0.25) is 19.2 Å². The first-order valence-electron chi connectivity index (χ1n) is 18.7. The molecule has 0 aromatic rings. The van der Waals surface area contributed by atoms with Crippen LogP contribution >= 0.6 is 0 Å². The van der Waals surface area contributed by atoms with Gasteiger partial charge in [0.05, 0.1) is 23.8 Å². The molecule has 1 heterocycles. The van der Waals surface area contributed by atoms with E-state index in [-0.39, 0.29) is 48.1 Å². The van der Waals surface area contributed by atoms with Crippen LogP contribution in [0.25, 0.3) is 0 Å². The highest BCUT2D eigenvalue weighted by Gasteiger charge is 2.70. The summed E-state index contributed by atoms with van der Waals surface area (Å²) in [5, 5.41) is 11.7. The van der Waals surface area contributed by atoms with Crippen LogP contribution < -0.4 is 21.3 Å². The monoisotopic (exact) mass is 695 g/mol. The lowest BCUT2D eigenvalue weighted by molar-refractivity contribution is -0.146. The third-order valence-corrected chi connectivity index (χ3v) is 11.8. The summed E-state index contributed by atoms with van der Waals surface area (Å²) >= 11 is 0. The number of hydrogen-bond acceptors (Lipinski definition) is 6. The SMILES string of the molecule is C#CCCC(NC(=O)C1[C@@H]2[C@H](CN1C(=O)[C@@H](NC(=O)NC1(COC(C)(C)C)CCCCC1)C1(C)CCCCC1)C2(C)C)C(=O)C(=O)NCC=C. The molecule has 0 aromatic carbocycles. The van der Waals surface area contributed by atoms with Crippen LogP contribution in [0.1, 0.15) is 119 Å². The normalized spacial score (nSPS) is 25.9. The molecule has 1 saturated heterocycles. The zero-order chi connectivity index (χ0) is 36.9. The molecule has 4 N–H and O–H groups in total. The number of rotatable bonds is 14. The number of ether oxygens (including phenoxy) is 1. The Kier molecular flexibility index (Phi) is 12.5. The summed E-state index contributed by atoms with van der Waals surface area (Å²) in [5.41, 5.74) is -1.59. The highest BCUT2D eigenvalue weighted by Crippen LogP contribution is 2.65. The van der Waals surface area contributed by atoms with Gasteiger partial charge in [-0.1, -0.05) is 65.4 Å². The second kappa shape index (κ2) is 15.9. The summed E-state index contributed by atoms with van der Waals surface area (Å²) in [6, 6.07) is -3.25. The predicted octanol–water partition coefficient (Wildman–Crippen LogP) is 4.40. The smallest absolute Gasteiger partial charge is 0.315 e. The van der Waals surface area contributed by atoms with Crippen molar-refractivity contribution in [3.05, 3.63) is 12.7 Å². The van der Waals surface area contributed by atoms with Crippen LogP contribution in [0.2, 0.25) is 0 Å². The van der Waals surface area contributed by atoms with Crippen LogP contribution in [0.3, 0.4) is 0 Å². The fourth-order valence-corrected chi connectivity index (χ4v) is 8.62. The van der Waals surface area contributed by atoms with Gasteiger partial charge >= 0.3 is 6.03 Å². The van der Waals surface area contributed by atoms with Crippen LogP contribution in [0, 0.1) is 35.0 Å². The zero-order valence-corrected chi connectivity index (χ0v) is 31.3. The van der Waals surface area contributed by atoms with Gasteiger partial charge in [0.1, 0.15) is 12.1 Å². The molecule has 11 heteroatoms. The quantitative estimate of drug-likeness (QED) is 0.121. The summed E-state index contributed by atoms with van der Waals surface area (Å²) in [4.78, 5) is 70.4. The number of Topliss-reactive ketones (excluding diaryl/α,β-unsaturated/α-hetero) is 1. The lowest BCUT2D eigenvalue weighted by atomic mass is 9.70. The number of urea groups is 1. The number of carbonyl (C=O) groups is 5. The minimum atomic E-state index is -1.14. The minimum absolute atomic E-state index is 0.0871. The predicted molar refractivity (Wildman–Crippen MR) is 193 cm³/mol. The average molecular weight is 696 g/mol. The molecule has 4 rings (SSSR count). The number of amides is 5.